The molecule has 0 amide bonds. The molecule has 0 spiro atoms. The third-order valence-corrected chi connectivity index (χ3v) is 3.56. The van der Waals surface area contributed by atoms with Gasteiger partial charge in [0.15, 0.2) is 0 Å². The first-order valence-corrected chi connectivity index (χ1v) is 6.95. The Morgan fingerprint density at radius 1 is 1.45 bits per heavy atom. The number of esters is 1. The second-order valence-electron chi connectivity index (χ2n) is 6.59. The van der Waals surface area contributed by atoms with Crippen molar-refractivity contribution < 1.29 is 14.6 Å². The Labute approximate surface area is 120 Å². The first kappa shape index (κ1) is 14.9. The largest absolute Gasteiger partial charge is 0.508 e. The maximum atomic E-state index is 12.2. The molecule has 1 aliphatic heterocycles. The zero-order valence-corrected chi connectivity index (χ0v) is 12.6. The fourth-order valence-electron chi connectivity index (χ4n) is 2.82. The van der Waals surface area contributed by atoms with Crippen molar-refractivity contribution >= 4 is 5.97 Å². The fraction of sp³-hybridized carbons (Fsp3) is 0.562. The number of ether oxygens (including phenoxy) is 1. The van der Waals surface area contributed by atoms with Gasteiger partial charge < -0.3 is 9.84 Å². The average molecular weight is 277 g/mol. The molecule has 0 fully saturated rings. The van der Waals surface area contributed by atoms with Crippen LogP contribution in [-0.2, 0) is 16.0 Å². The number of aromatic hydroxyl groups is 1. The predicted octanol–water partition coefficient (Wildman–Crippen LogP) is 2.51. The molecule has 0 saturated carbocycles. The van der Waals surface area contributed by atoms with Crippen LogP contribution < -0.4 is 0 Å². The maximum absolute atomic E-state index is 12.2. The van der Waals surface area contributed by atoms with E-state index in [4.69, 9.17) is 4.74 Å². The van der Waals surface area contributed by atoms with Crippen molar-refractivity contribution in [1.29, 1.82) is 0 Å². The van der Waals surface area contributed by atoms with Gasteiger partial charge in [-0.1, -0.05) is 26.8 Å². The maximum Gasteiger partial charge on any atom is 0.327 e. The second kappa shape index (κ2) is 5.44. The number of hydrogen-bond acceptors (Lipinski definition) is 4. The van der Waals surface area contributed by atoms with Crippen LogP contribution in [0.5, 0.6) is 5.75 Å². The number of benzene rings is 1. The molecule has 1 aromatic carbocycles. The highest BCUT2D eigenvalue weighted by Gasteiger charge is 2.35. The van der Waals surface area contributed by atoms with Gasteiger partial charge in [-0.3, -0.25) is 4.90 Å². The quantitative estimate of drug-likeness (QED) is 0.844. The molecule has 1 heterocycles. The molecule has 0 aliphatic carbocycles. The summed E-state index contributed by atoms with van der Waals surface area (Å²) in [5, 5.41) is 9.71. The molecule has 110 valence electrons. The molecule has 1 unspecified atom stereocenters. The zero-order chi connectivity index (χ0) is 14.9. The van der Waals surface area contributed by atoms with Gasteiger partial charge in [0, 0.05) is 13.1 Å². The van der Waals surface area contributed by atoms with Crippen molar-refractivity contribution in [1.82, 2.24) is 4.90 Å². The first-order chi connectivity index (χ1) is 9.31. The van der Waals surface area contributed by atoms with E-state index in [-0.39, 0.29) is 17.1 Å². The van der Waals surface area contributed by atoms with Crippen LogP contribution >= 0.6 is 0 Å². The standard InChI is InChI=1S/C16H23NO3/c1-16(2,3)10-17-8-7-11-5-6-12(18)9-13(11)14(17)15(19)20-4/h5-6,9,14,18H,7-8,10H2,1-4H3. The number of phenolic OH excluding ortho intramolecular Hbond substituents is 1. The van der Waals surface area contributed by atoms with E-state index in [2.05, 4.69) is 25.7 Å². The van der Waals surface area contributed by atoms with Crippen molar-refractivity contribution in [3.05, 3.63) is 29.3 Å². The summed E-state index contributed by atoms with van der Waals surface area (Å²) in [6.07, 6.45) is 0.888. The highest BCUT2D eigenvalue weighted by atomic mass is 16.5. The highest BCUT2D eigenvalue weighted by Crippen LogP contribution is 2.34. The number of carbonyl (C=O) groups excluding carboxylic acids is 1. The van der Waals surface area contributed by atoms with E-state index in [0.717, 1.165) is 30.6 Å². The minimum absolute atomic E-state index is 0.0978. The molecule has 0 saturated heterocycles. The average Bonchev–Trinajstić information content (AvgIpc) is 2.35. The van der Waals surface area contributed by atoms with E-state index >= 15 is 0 Å². The molecule has 1 atom stereocenters. The van der Waals surface area contributed by atoms with E-state index in [0.29, 0.717) is 0 Å². The molecule has 0 bridgehead atoms. The van der Waals surface area contributed by atoms with Gasteiger partial charge in [0.05, 0.1) is 7.11 Å². The minimum Gasteiger partial charge on any atom is -0.508 e. The van der Waals surface area contributed by atoms with Crippen LogP contribution in [0.1, 0.15) is 37.9 Å². The topological polar surface area (TPSA) is 49.8 Å². The summed E-state index contributed by atoms with van der Waals surface area (Å²) in [6.45, 7) is 8.09. The van der Waals surface area contributed by atoms with E-state index in [1.165, 1.54) is 7.11 Å². The van der Waals surface area contributed by atoms with Crippen LogP contribution in [0, 0.1) is 5.41 Å². The lowest BCUT2D eigenvalue weighted by molar-refractivity contribution is -0.148. The lowest BCUT2D eigenvalue weighted by Crippen LogP contribution is -2.44. The van der Waals surface area contributed by atoms with Gasteiger partial charge in [0.25, 0.3) is 0 Å². The number of carbonyl (C=O) groups is 1. The summed E-state index contributed by atoms with van der Waals surface area (Å²) in [4.78, 5) is 14.3. The van der Waals surface area contributed by atoms with Crippen LogP contribution in [0.25, 0.3) is 0 Å². The number of methoxy groups -OCH3 is 1. The molecule has 1 aromatic rings. The predicted molar refractivity (Wildman–Crippen MR) is 77.6 cm³/mol. The molecule has 0 radical (unpaired) electrons. The van der Waals surface area contributed by atoms with Crippen molar-refractivity contribution in [2.75, 3.05) is 20.2 Å². The lowest BCUT2D eigenvalue weighted by Gasteiger charge is -2.39. The number of phenols is 1. The summed E-state index contributed by atoms with van der Waals surface area (Å²) < 4.78 is 4.97. The van der Waals surface area contributed by atoms with Crippen molar-refractivity contribution in [2.45, 2.75) is 33.2 Å². The van der Waals surface area contributed by atoms with Gasteiger partial charge in [0.1, 0.15) is 11.8 Å². The third kappa shape index (κ3) is 3.12. The molecular weight excluding hydrogens is 254 g/mol. The summed E-state index contributed by atoms with van der Waals surface area (Å²) in [5.41, 5.74) is 2.08. The molecule has 1 aliphatic rings. The molecular formula is C16H23NO3. The molecule has 20 heavy (non-hydrogen) atoms. The number of rotatable bonds is 2. The Balaban J connectivity index is 2.40. The van der Waals surface area contributed by atoms with Crippen LogP contribution in [0.15, 0.2) is 18.2 Å². The molecule has 0 aromatic heterocycles. The van der Waals surface area contributed by atoms with Crippen LogP contribution in [-0.4, -0.2) is 36.2 Å². The molecule has 1 N–H and O–H groups in total. The van der Waals surface area contributed by atoms with Gasteiger partial charge in [-0.05, 0) is 35.1 Å². The summed E-state index contributed by atoms with van der Waals surface area (Å²) in [6, 6.07) is 4.84. The van der Waals surface area contributed by atoms with Crippen molar-refractivity contribution in [3.8, 4) is 5.75 Å². The van der Waals surface area contributed by atoms with Gasteiger partial charge in [-0.2, -0.15) is 0 Å². The second-order valence-corrected chi connectivity index (χ2v) is 6.59. The third-order valence-electron chi connectivity index (χ3n) is 3.56. The number of fused-ring (bicyclic) bond motifs is 1. The highest BCUT2D eigenvalue weighted by molar-refractivity contribution is 5.78. The molecule has 4 heteroatoms. The van der Waals surface area contributed by atoms with E-state index < -0.39 is 6.04 Å². The zero-order valence-electron chi connectivity index (χ0n) is 12.6. The van der Waals surface area contributed by atoms with Gasteiger partial charge in [-0.15, -0.1) is 0 Å². The van der Waals surface area contributed by atoms with Gasteiger partial charge in [0.2, 0.25) is 0 Å². The van der Waals surface area contributed by atoms with E-state index in [1.54, 1.807) is 12.1 Å². The summed E-state index contributed by atoms with van der Waals surface area (Å²) in [7, 11) is 1.41. The summed E-state index contributed by atoms with van der Waals surface area (Å²) >= 11 is 0. The van der Waals surface area contributed by atoms with Gasteiger partial charge in [-0.25, -0.2) is 4.79 Å². The van der Waals surface area contributed by atoms with E-state index in [1.807, 2.05) is 6.07 Å². The number of hydrogen-bond donors (Lipinski definition) is 1. The van der Waals surface area contributed by atoms with Crippen LogP contribution in [0.4, 0.5) is 0 Å². The Kier molecular flexibility index (Phi) is 4.04. The lowest BCUT2D eigenvalue weighted by atomic mass is 9.88. The Morgan fingerprint density at radius 3 is 2.75 bits per heavy atom. The number of nitrogens with zero attached hydrogens (tertiary/aromatic N) is 1. The van der Waals surface area contributed by atoms with Crippen LogP contribution in [0.3, 0.4) is 0 Å². The molecule has 2 rings (SSSR count). The summed E-state index contributed by atoms with van der Waals surface area (Å²) in [5.74, 6) is -0.0731. The molecule has 4 nitrogen and oxygen atoms in total. The normalized spacial score (nSPS) is 19.5. The van der Waals surface area contributed by atoms with Crippen LogP contribution in [0.2, 0.25) is 0 Å². The van der Waals surface area contributed by atoms with Gasteiger partial charge >= 0.3 is 5.97 Å². The SMILES string of the molecule is COC(=O)C1c2cc(O)ccc2CCN1CC(C)(C)C. The smallest absolute Gasteiger partial charge is 0.327 e. The Morgan fingerprint density at radius 2 is 2.15 bits per heavy atom. The fourth-order valence-corrected chi connectivity index (χ4v) is 2.82. The van der Waals surface area contributed by atoms with E-state index in [9.17, 15) is 9.90 Å². The minimum atomic E-state index is -0.421. The van der Waals surface area contributed by atoms with Crippen molar-refractivity contribution in [2.24, 2.45) is 5.41 Å². The van der Waals surface area contributed by atoms with Crippen molar-refractivity contribution in [3.63, 3.8) is 0 Å². The Bertz CT molecular complexity index is 505. The Hall–Kier alpha value is -1.55. The first-order valence-electron chi connectivity index (χ1n) is 6.95. The monoisotopic (exact) mass is 277 g/mol.